The van der Waals surface area contributed by atoms with Gasteiger partial charge in [-0.25, -0.2) is 0 Å². The van der Waals surface area contributed by atoms with Gasteiger partial charge in [0, 0.05) is 12.3 Å². The van der Waals surface area contributed by atoms with Crippen LogP contribution in [0.5, 0.6) is 5.75 Å². The average molecular weight is 376 g/mol. The zero-order valence-electron chi connectivity index (χ0n) is 16.1. The Morgan fingerprint density at radius 2 is 2.00 bits per heavy atom. The van der Waals surface area contributed by atoms with Crippen LogP contribution in [-0.4, -0.2) is 47.5 Å². The SMILES string of the molecule is CC(=O)CC/C=C\CC[C@H]1[C@@H](O)CO[C@@H]1CC[C@@H](O)COc1ccccc1. The number of rotatable bonds is 12. The van der Waals surface area contributed by atoms with Crippen molar-refractivity contribution in [2.75, 3.05) is 13.2 Å². The van der Waals surface area contributed by atoms with Gasteiger partial charge in [-0.1, -0.05) is 30.4 Å². The highest BCUT2D eigenvalue weighted by atomic mass is 16.5. The number of Topliss-reactive ketones (excluding diaryl/α,β-unsaturated/α-hetero) is 1. The lowest BCUT2D eigenvalue weighted by Gasteiger charge is -2.21. The molecule has 0 aromatic heterocycles. The molecule has 0 amide bonds. The molecule has 4 atom stereocenters. The summed E-state index contributed by atoms with van der Waals surface area (Å²) in [6.45, 7) is 2.22. The van der Waals surface area contributed by atoms with Crippen LogP contribution in [0.1, 0.15) is 45.4 Å². The Kier molecular flexibility index (Phi) is 9.53. The van der Waals surface area contributed by atoms with Crippen LogP contribution in [0.25, 0.3) is 0 Å². The second-order valence-electron chi connectivity index (χ2n) is 7.25. The number of aliphatic hydroxyl groups is 2. The van der Waals surface area contributed by atoms with Gasteiger partial charge in [-0.3, -0.25) is 0 Å². The van der Waals surface area contributed by atoms with Gasteiger partial charge < -0.3 is 24.5 Å². The second kappa shape index (κ2) is 11.9. The number of hydrogen-bond donors (Lipinski definition) is 2. The van der Waals surface area contributed by atoms with E-state index < -0.39 is 12.2 Å². The standard InChI is InChI=1S/C22H32O5/c1-17(23)9-5-2-3-8-12-20-21(25)16-27-22(20)14-13-18(24)15-26-19-10-6-4-7-11-19/h2-4,6-7,10-11,18,20-22,24-25H,5,8-9,12-16H2,1H3/b3-2-/t18-,20+,21+,22-/m1/s1. The third-order valence-corrected chi connectivity index (χ3v) is 4.92. The van der Waals surface area contributed by atoms with Crippen molar-refractivity contribution in [3.8, 4) is 5.75 Å². The fourth-order valence-corrected chi connectivity index (χ4v) is 3.35. The van der Waals surface area contributed by atoms with Crippen molar-refractivity contribution in [3.63, 3.8) is 0 Å². The van der Waals surface area contributed by atoms with Crippen LogP contribution < -0.4 is 4.74 Å². The minimum Gasteiger partial charge on any atom is -0.491 e. The molecule has 1 aromatic rings. The van der Waals surface area contributed by atoms with Crippen molar-refractivity contribution in [1.82, 2.24) is 0 Å². The molecular weight excluding hydrogens is 344 g/mol. The van der Waals surface area contributed by atoms with E-state index in [9.17, 15) is 15.0 Å². The van der Waals surface area contributed by atoms with E-state index in [1.165, 1.54) is 0 Å². The van der Waals surface area contributed by atoms with E-state index in [-0.39, 0.29) is 24.4 Å². The molecule has 1 fully saturated rings. The van der Waals surface area contributed by atoms with Gasteiger partial charge in [0.1, 0.15) is 18.1 Å². The first-order chi connectivity index (χ1) is 13.1. The van der Waals surface area contributed by atoms with Crippen LogP contribution in [0.15, 0.2) is 42.5 Å². The molecule has 1 saturated heterocycles. The Morgan fingerprint density at radius 3 is 2.74 bits per heavy atom. The molecule has 2 rings (SSSR count). The summed E-state index contributed by atoms with van der Waals surface area (Å²) in [5, 5.41) is 20.3. The van der Waals surface area contributed by atoms with Gasteiger partial charge in [0.2, 0.25) is 0 Å². The molecule has 27 heavy (non-hydrogen) atoms. The van der Waals surface area contributed by atoms with Crippen molar-refractivity contribution in [1.29, 1.82) is 0 Å². The molecule has 1 aliphatic rings. The molecule has 1 aromatic carbocycles. The molecule has 2 N–H and O–H groups in total. The molecule has 5 nitrogen and oxygen atoms in total. The highest BCUT2D eigenvalue weighted by Gasteiger charge is 2.35. The van der Waals surface area contributed by atoms with Crippen molar-refractivity contribution in [2.24, 2.45) is 5.92 Å². The molecule has 1 heterocycles. The maximum absolute atomic E-state index is 10.9. The summed E-state index contributed by atoms with van der Waals surface area (Å²) in [5.41, 5.74) is 0. The third-order valence-electron chi connectivity index (χ3n) is 4.92. The fraction of sp³-hybridized carbons (Fsp3) is 0.591. The van der Waals surface area contributed by atoms with E-state index >= 15 is 0 Å². The van der Waals surface area contributed by atoms with Crippen molar-refractivity contribution < 1.29 is 24.5 Å². The number of carbonyl (C=O) groups excluding carboxylic acids is 1. The molecule has 0 saturated carbocycles. The Bertz CT molecular complexity index is 571. The topological polar surface area (TPSA) is 76.0 Å². The van der Waals surface area contributed by atoms with Gasteiger partial charge in [-0.15, -0.1) is 0 Å². The summed E-state index contributed by atoms with van der Waals surface area (Å²) in [6.07, 6.45) is 7.42. The number of aliphatic hydroxyl groups excluding tert-OH is 2. The van der Waals surface area contributed by atoms with Gasteiger partial charge in [0.25, 0.3) is 0 Å². The van der Waals surface area contributed by atoms with Gasteiger partial charge in [0.05, 0.1) is 24.9 Å². The molecule has 0 aliphatic carbocycles. The van der Waals surface area contributed by atoms with Crippen LogP contribution in [-0.2, 0) is 9.53 Å². The predicted octanol–water partition coefficient (Wildman–Crippen LogP) is 3.29. The Balaban J connectivity index is 1.67. The maximum Gasteiger partial charge on any atom is 0.130 e. The summed E-state index contributed by atoms with van der Waals surface area (Å²) in [5.74, 6) is 1.04. The number of para-hydroxylation sites is 1. The van der Waals surface area contributed by atoms with E-state index in [0.29, 0.717) is 25.9 Å². The lowest BCUT2D eigenvalue weighted by Crippen LogP contribution is -2.26. The molecule has 0 spiro atoms. The number of hydrogen-bond acceptors (Lipinski definition) is 5. The van der Waals surface area contributed by atoms with Gasteiger partial charge in [-0.2, -0.15) is 0 Å². The quantitative estimate of drug-likeness (QED) is 0.548. The first kappa shape index (κ1) is 21.6. The van der Waals surface area contributed by atoms with Gasteiger partial charge >= 0.3 is 0 Å². The normalized spacial score (nSPS) is 23.6. The lowest BCUT2D eigenvalue weighted by molar-refractivity contribution is -0.116. The van der Waals surface area contributed by atoms with Crippen molar-refractivity contribution >= 4 is 5.78 Å². The van der Waals surface area contributed by atoms with E-state index in [1.54, 1.807) is 6.92 Å². The van der Waals surface area contributed by atoms with Crippen LogP contribution in [0, 0.1) is 5.92 Å². The second-order valence-corrected chi connectivity index (χ2v) is 7.25. The fourth-order valence-electron chi connectivity index (χ4n) is 3.35. The highest BCUT2D eigenvalue weighted by Crippen LogP contribution is 2.29. The monoisotopic (exact) mass is 376 g/mol. The molecule has 150 valence electrons. The zero-order chi connectivity index (χ0) is 19.5. The Labute approximate surface area is 162 Å². The number of ether oxygens (including phenoxy) is 2. The summed E-state index contributed by atoms with van der Waals surface area (Å²) in [7, 11) is 0. The molecule has 0 bridgehead atoms. The Hall–Kier alpha value is -1.69. The smallest absolute Gasteiger partial charge is 0.130 e. The summed E-state index contributed by atoms with van der Waals surface area (Å²) >= 11 is 0. The van der Waals surface area contributed by atoms with Crippen LogP contribution in [0.2, 0.25) is 0 Å². The minimum absolute atomic E-state index is 0.0306. The predicted molar refractivity (Wildman–Crippen MR) is 105 cm³/mol. The van der Waals surface area contributed by atoms with E-state index in [2.05, 4.69) is 6.08 Å². The third kappa shape index (κ3) is 8.24. The number of benzene rings is 1. The molecule has 1 aliphatic heterocycles. The highest BCUT2D eigenvalue weighted by molar-refractivity contribution is 5.75. The maximum atomic E-state index is 10.9. The van der Waals surface area contributed by atoms with E-state index in [1.807, 2.05) is 36.4 Å². The average Bonchev–Trinajstić information content (AvgIpc) is 3.01. The van der Waals surface area contributed by atoms with Crippen molar-refractivity contribution in [2.45, 2.75) is 63.8 Å². The lowest BCUT2D eigenvalue weighted by atomic mass is 9.90. The summed E-state index contributed by atoms with van der Waals surface area (Å²) in [6, 6.07) is 9.44. The summed E-state index contributed by atoms with van der Waals surface area (Å²) in [4.78, 5) is 10.9. The zero-order valence-corrected chi connectivity index (χ0v) is 16.1. The Morgan fingerprint density at radius 1 is 1.26 bits per heavy atom. The molecular formula is C22H32O5. The van der Waals surface area contributed by atoms with Crippen LogP contribution >= 0.6 is 0 Å². The first-order valence-electron chi connectivity index (χ1n) is 9.86. The molecule has 5 heteroatoms. The first-order valence-corrected chi connectivity index (χ1v) is 9.86. The van der Waals surface area contributed by atoms with E-state index in [4.69, 9.17) is 9.47 Å². The summed E-state index contributed by atoms with van der Waals surface area (Å²) < 4.78 is 11.3. The number of ketones is 1. The van der Waals surface area contributed by atoms with E-state index in [0.717, 1.165) is 25.0 Å². The number of carbonyl (C=O) groups is 1. The van der Waals surface area contributed by atoms with Gasteiger partial charge in [-0.05, 0) is 51.2 Å². The van der Waals surface area contributed by atoms with Crippen LogP contribution in [0.4, 0.5) is 0 Å². The van der Waals surface area contributed by atoms with Crippen molar-refractivity contribution in [3.05, 3.63) is 42.5 Å². The van der Waals surface area contributed by atoms with Gasteiger partial charge in [0.15, 0.2) is 0 Å². The molecule has 0 unspecified atom stereocenters. The van der Waals surface area contributed by atoms with Crippen LogP contribution in [0.3, 0.4) is 0 Å². The largest absolute Gasteiger partial charge is 0.491 e. The minimum atomic E-state index is -0.557. The molecule has 0 radical (unpaired) electrons. The number of allylic oxidation sites excluding steroid dienone is 2.